The van der Waals surface area contributed by atoms with Crippen molar-refractivity contribution in [2.75, 3.05) is 11.5 Å². The molecule has 0 aliphatic carbocycles. The minimum Gasteiger partial charge on any atom is -0.218 e. The highest BCUT2D eigenvalue weighted by Crippen LogP contribution is 2.34. The molecule has 0 unspecified atom stereocenters. The van der Waals surface area contributed by atoms with Crippen LogP contribution in [0.25, 0.3) is 0 Å². The quantitative estimate of drug-likeness (QED) is 0.0512. The van der Waals surface area contributed by atoms with Crippen molar-refractivity contribution in [1.29, 1.82) is 0 Å². The molecule has 0 amide bonds. The maximum absolute atomic E-state index is 14.5. The van der Waals surface area contributed by atoms with E-state index in [9.17, 15) is 8.42 Å². The molecule has 0 radical (unpaired) electrons. The molecule has 0 fully saturated rings. The normalized spacial score (nSPS) is 11.6. The molecule has 0 heterocycles. The average molecular weight is 671 g/mol. The summed E-state index contributed by atoms with van der Waals surface area (Å²) in [4.78, 5) is 3.42. The van der Waals surface area contributed by atoms with Gasteiger partial charge in [0, 0.05) is 9.79 Å². The summed E-state index contributed by atoms with van der Waals surface area (Å²) in [6, 6.07) is 12.3. The lowest BCUT2D eigenvalue weighted by molar-refractivity contribution is 0.583. The summed E-state index contributed by atoms with van der Waals surface area (Å²) in [6.07, 6.45) is 26.7. The van der Waals surface area contributed by atoms with E-state index in [0.29, 0.717) is 9.79 Å². The lowest BCUT2D eigenvalue weighted by Gasteiger charge is -2.16. The van der Waals surface area contributed by atoms with E-state index in [1.807, 2.05) is 59.9 Å². The maximum atomic E-state index is 14.5. The van der Waals surface area contributed by atoms with Gasteiger partial charge in [-0.05, 0) is 123 Å². The van der Waals surface area contributed by atoms with Gasteiger partial charge in [0.15, 0.2) is 0 Å². The van der Waals surface area contributed by atoms with Gasteiger partial charge in [-0.1, -0.05) is 90.2 Å². The lowest BCUT2D eigenvalue weighted by atomic mass is 10.0. The molecule has 0 atom stereocenters. The van der Waals surface area contributed by atoms with Gasteiger partial charge in [-0.3, -0.25) is 0 Å². The van der Waals surface area contributed by atoms with Gasteiger partial charge < -0.3 is 0 Å². The zero-order chi connectivity index (χ0) is 32.6. The molecule has 2 aromatic rings. The Morgan fingerprint density at radius 1 is 0.556 bits per heavy atom. The Morgan fingerprint density at radius 3 is 1.31 bits per heavy atom. The predicted molar refractivity (Wildman–Crippen MR) is 202 cm³/mol. The van der Waals surface area contributed by atoms with Gasteiger partial charge in [-0.15, -0.1) is 36.7 Å². The van der Waals surface area contributed by atoms with Crippen molar-refractivity contribution in [2.24, 2.45) is 0 Å². The van der Waals surface area contributed by atoms with Crippen molar-refractivity contribution in [3.05, 3.63) is 72.8 Å². The molecule has 0 aliphatic heterocycles. The largest absolute Gasteiger partial charge is 0.218 e. The highest BCUT2D eigenvalue weighted by molar-refractivity contribution is 7.99. The van der Waals surface area contributed by atoms with Gasteiger partial charge in [-0.2, -0.15) is 0 Å². The SMILES string of the molecule is C=CCCCCCCCCc1cc(SCCCC)ccc1S(=O)(=O)c1ccc(SCCCC)cc1CCCCCCCCC=C. The van der Waals surface area contributed by atoms with Crippen LogP contribution in [0.15, 0.2) is 81.3 Å². The summed E-state index contributed by atoms with van der Waals surface area (Å²) in [6.45, 7) is 12.1. The molecule has 2 nitrogen and oxygen atoms in total. The first kappa shape index (κ1) is 39.7. The number of sulfone groups is 1. The summed E-state index contributed by atoms with van der Waals surface area (Å²) < 4.78 is 28.9. The summed E-state index contributed by atoms with van der Waals surface area (Å²) in [5.41, 5.74) is 1.99. The molecule has 0 saturated carbocycles. The van der Waals surface area contributed by atoms with Crippen molar-refractivity contribution < 1.29 is 8.42 Å². The minimum atomic E-state index is -3.64. The van der Waals surface area contributed by atoms with E-state index >= 15 is 0 Å². The molecular formula is C40H62O2S3. The maximum Gasteiger partial charge on any atom is 0.207 e. The van der Waals surface area contributed by atoms with Crippen LogP contribution in [-0.4, -0.2) is 19.9 Å². The molecule has 2 rings (SSSR count). The standard InChI is InChI=1S/C40H62O2S3/c1-5-9-13-15-17-19-21-23-25-35-33-37(43-31-11-7-3)27-29-39(35)45(41,42)40-30-28-38(44-32-12-8-4)34-36(40)26-24-22-20-18-16-14-10-6-2/h5-6,27-30,33-34H,1-2,7-26,31-32H2,3-4H3. The molecule has 5 heteroatoms. The van der Waals surface area contributed by atoms with Gasteiger partial charge in [0.1, 0.15) is 0 Å². The average Bonchev–Trinajstić information content (AvgIpc) is 3.04. The number of rotatable bonds is 28. The van der Waals surface area contributed by atoms with Crippen molar-refractivity contribution in [3.8, 4) is 0 Å². The van der Waals surface area contributed by atoms with Crippen LogP contribution in [0.3, 0.4) is 0 Å². The number of hydrogen-bond donors (Lipinski definition) is 0. The van der Waals surface area contributed by atoms with E-state index in [1.54, 1.807) is 0 Å². The second kappa shape index (κ2) is 24.7. The fourth-order valence-electron chi connectivity index (χ4n) is 5.62. The van der Waals surface area contributed by atoms with E-state index in [0.717, 1.165) is 74.0 Å². The first-order valence-electron chi connectivity index (χ1n) is 18.0. The van der Waals surface area contributed by atoms with Crippen LogP contribution < -0.4 is 0 Å². The molecule has 0 bridgehead atoms. The van der Waals surface area contributed by atoms with Gasteiger partial charge in [0.2, 0.25) is 9.84 Å². The first-order valence-corrected chi connectivity index (χ1v) is 21.4. The second-order valence-corrected chi connectivity index (χ2v) is 16.6. The Morgan fingerprint density at radius 2 is 0.933 bits per heavy atom. The van der Waals surface area contributed by atoms with E-state index in [1.165, 1.54) is 86.8 Å². The highest BCUT2D eigenvalue weighted by Gasteiger charge is 2.25. The van der Waals surface area contributed by atoms with Gasteiger partial charge in [-0.25, -0.2) is 8.42 Å². The minimum absolute atomic E-state index is 0.517. The van der Waals surface area contributed by atoms with E-state index in [4.69, 9.17) is 0 Å². The van der Waals surface area contributed by atoms with Crippen LogP contribution in [0.5, 0.6) is 0 Å². The smallest absolute Gasteiger partial charge is 0.207 e. The van der Waals surface area contributed by atoms with Gasteiger partial charge >= 0.3 is 0 Å². The summed E-state index contributed by atoms with van der Waals surface area (Å²) in [5, 5.41) is 0. The third-order valence-corrected chi connectivity index (χ3v) is 12.5. The Labute approximate surface area is 286 Å². The lowest BCUT2D eigenvalue weighted by Crippen LogP contribution is -2.09. The van der Waals surface area contributed by atoms with Crippen LogP contribution in [0.2, 0.25) is 0 Å². The van der Waals surface area contributed by atoms with Gasteiger partial charge in [0.05, 0.1) is 9.79 Å². The van der Waals surface area contributed by atoms with Crippen LogP contribution in [-0.2, 0) is 22.7 Å². The zero-order valence-electron chi connectivity index (χ0n) is 28.6. The number of thioether (sulfide) groups is 2. The summed E-state index contributed by atoms with van der Waals surface area (Å²) in [7, 11) is -3.64. The van der Waals surface area contributed by atoms with E-state index < -0.39 is 9.84 Å². The fraction of sp³-hybridized carbons (Fsp3) is 0.600. The molecular weight excluding hydrogens is 609 g/mol. The van der Waals surface area contributed by atoms with Crippen molar-refractivity contribution in [3.63, 3.8) is 0 Å². The molecule has 0 saturated heterocycles. The van der Waals surface area contributed by atoms with Crippen molar-refractivity contribution in [2.45, 2.75) is 162 Å². The Balaban J connectivity index is 2.26. The Hall–Kier alpha value is -1.43. The van der Waals surface area contributed by atoms with Crippen LogP contribution >= 0.6 is 23.5 Å². The molecule has 0 N–H and O–H groups in total. The van der Waals surface area contributed by atoms with Crippen molar-refractivity contribution >= 4 is 33.4 Å². The predicted octanol–water partition coefficient (Wildman–Crippen LogP) is 13.2. The van der Waals surface area contributed by atoms with E-state index in [2.05, 4.69) is 39.1 Å². The summed E-state index contributed by atoms with van der Waals surface area (Å²) in [5.74, 6) is 2.14. The summed E-state index contributed by atoms with van der Waals surface area (Å²) >= 11 is 3.71. The first-order chi connectivity index (χ1) is 22.0. The third kappa shape index (κ3) is 15.8. The van der Waals surface area contributed by atoms with Crippen LogP contribution in [0, 0.1) is 0 Å². The Bertz CT molecular complexity index is 1110. The number of benzene rings is 2. The molecule has 2 aromatic carbocycles. The van der Waals surface area contributed by atoms with E-state index in [-0.39, 0.29) is 0 Å². The van der Waals surface area contributed by atoms with Crippen LogP contribution in [0.1, 0.15) is 141 Å². The Kier molecular flexibility index (Phi) is 21.8. The number of aryl methyl sites for hydroxylation is 2. The van der Waals surface area contributed by atoms with Crippen molar-refractivity contribution in [1.82, 2.24) is 0 Å². The molecule has 0 aromatic heterocycles. The zero-order valence-corrected chi connectivity index (χ0v) is 31.1. The molecule has 45 heavy (non-hydrogen) atoms. The number of hydrogen-bond acceptors (Lipinski definition) is 4. The highest BCUT2D eigenvalue weighted by atomic mass is 32.2. The topological polar surface area (TPSA) is 34.1 Å². The van der Waals surface area contributed by atoms with Crippen LogP contribution in [0.4, 0.5) is 0 Å². The van der Waals surface area contributed by atoms with Gasteiger partial charge in [0.25, 0.3) is 0 Å². The second-order valence-electron chi connectivity index (χ2n) is 12.3. The number of allylic oxidation sites excluding steroid dienone is 2. The monoisotopic (exact) mass is 670 g/mol. The molecule has 0 spiro atoms. The molecule has 252 valence electrons. The number of unbranched alkanes of at least 4 members (excludes halogenated alkanes) is 14. The fourth-order valence-corrected chi connectivity index (χ4v) is 9.48. The third-order valence-electron chi connectivity index (χ3n) is 8.38. The molecule has 0 aliphatic rings.